The fourth-order valence-electron chi connectivity index (χ4n) is 3.42. The molecule has 4 rings (SSSR count). The highest BCUT2D eigenvalue weighted by Gasteiger charge is 2.32. The molecule has 1 saturated heterocycles. The van der Waals surface area contributed by atoms with Gasteiger partial charge >= 0.3 is 11.8 Å². The topological polar surface area (TPSA) is 85.6 Å². The van der Waals surface area contributed by atoms with Crippen molar-refractivity contribution in [3.63, 3.8) is 0 Å². The first kappa shape index (κ1) is 17.1. The highest BCUT2D eigenvalue weighted by molar-refractivity contribution is 5.90. The Labute approximate surface area is 155 Å². The molecule has 1 N–H and O–H groups in total. The number of aromatic nitrogens is 2. The van der Waals surface area contributed by atoms with Crippen molar-refractivity contribution < 1.29 is 14.3 Å². The third-order valence-corrected chi connectivity index (χ3v) is 4.82. The van der Waals surface area contributed by atoms with Crippen LogP contribution in [0.4, 0.5) is 10.5 Å². The Morgan fingerprint density at radius 1 is 1.26 bits per heavy atom. The van der Waals surface area contributed by atoms with Crippen molar-refractivity contribution in [1.82, 2.24) is 14.5 Å². The molecule has 1 atom stereocenters. The number of imidazole rings is 1. The van der Waals surface area contributed by atoms with Crippen LogP contribution in [0.2, 0.25) is 0 Å². The molecule has 2 aromatic rings. The number of nitrogens with zero attached hydrogens (tertiary/aromatic N) is 3. The summed E-state index contributed by atoms with van der Waals surface area (Å²) in [6, 6.07) is 7.60. The molecule has 0 unspecified atom stereocenters. The van der Waals surface area contributed by atoms with Crippen LogP contribution >= 0.6 is 0 Å². The maximum Gasteiger partial charge on any atom is 0.414 e. The van der Waals surface area contributed by atoms with Gasteiger partial charge in [0.15, 0.2) is 0 Å². The zero-order valence-electron chi connectivity index (χ0n) is 15.1. The Hall–Kier alpha value is -3.29. The monoisotopic (exact) mass is 368 g/mol. The maximum absolute atomic E-state index is 12.1. The van der Waals surface area contributed by atoms with E-state index in [0.29, 0.717) is 19.6 Å². The minimum absolute atomic E-state index is 0.0297. The molecule has 2 amide bonds. The number of ether oxygens (including phenoxy) is 1. The lowest BCUT2D eigenvalue weighted by Crippen LogP contribution is -2.33. The van der Waals surface area contributed by atoms with E-state index in [-0.39, 0.29) is 17.7 Å². The zero-order chi connectivity index (χ0) is 19.1. The van der Waals surface area contributed by atoms with E-state index in [9.17, 15) is 14.4 Å². The van der Waals surface area contributed by atoms with Crippen LogP contribution in [0.25, 0.3) is 11.6 Å². The largest absolute Gasteiger partial charge is 0.442 e. The lowest BCUT2D eigenvalue weighted by Gasteiger charge is -2.14. The summed E-state index contributed by atoms with van der Waals surface area (Å²) in [7, 11) is 1.74. The lowest BCUT2D eigenvalue weighted by atomic mass is 10.1. The van der Waals surface area contributed by atoms with Crippen LogP contribution in [0.5, 0.6) is 0 Å². The van der Waals surface area contributed by atoms with Crippen LogP contribution in [0, 0.1) is 0 Å². The van der Waals surface area contributed by atoms with Crippen molar-refractivity contribution >= 4 is 29.3 Å². The summed E-state index contributed by atoms with van der Waals surface area (Å²) in [5, 5.41) is 2.66. The van der Waals surface area contributed by atoms with E-state index in [1.807, 2.05) is 36.5 Å². The van der Waals surface area contributed by atoms with Gasteiger partial charge in [-0.05, 0) is 29.3 Å². The zero-order valence-corrected chi connectivity index (χ0v) is 15.1. The Balaban J connectivity index is 1.47. The van der Waals surface area contributed by atoms with Gasteiger partial charge in [-0.2, -0.15) is 0 Å². The van der Waals surface area contributed by atoms with E-state index in [4.69, 9.17) is 4.74 Å². The number of carbonyl (C=O) groups is 2. The molecule has 27 heavy (non-hydrogen) atoms. The van der Waals surface area contributed by atoms with Gasteiger partial charge in [0, 0.05) is 25.9 Å². The molecule has 2 aliphatic rings. The maximum atomic E-state index is 12.1. The second kappa shape index (κ2) is 6.46. The number of amides is 2. The first-order valence-corrected chi connectivity index (χ1v) is 8.72. The summed E-state index contributed by atoms with van der Waals surface area (Å²) in [6.45, 7) is 2.66. The van der Waals surface area contributed by atoms with Crippen molar-refractivity contribution in [3.05, 3.63) is 52.2 Å². The van der Waals surface area contributed by atoms with E-state index in [1.165, 1.54) is 6.92 Å². The second-order valence-electron chi connectivity index (χ2n) is 6.80. The number of cyclic esters (lactones) is 1. The standard InChI is InChI=1S/C19H20N4O4/c1-12(24)20-8-17-11-23(19(26)27-17)15-5-3-13(4-6-15)14-7-16-10-21(2)18(25)22(16)9-14/h3-7,10,17H,8-9,11H2,1-2H3,(H,20,24)/t17-/m0/s1. The molecule has 3 heterocycles. The average Bonchev–Trinajstić information content (AvgIpc) is 3.29. The number of hydrogen-bond donors (Lipinski definition) is 1. The number of fused-ring (bicyclic) bond motifs is 1. The van der Waals surface area contributed by atoms with E-state index >= 15 is 0 Å². The highest BCUT2D eigenvalue weighted by atomic mass is 16.6. The number of aryl methyl sites for hydroxylation is 1. The summed E-state index contributed by atoms with van der Waals surface area (Å²) in [5.41, 5.74) is 3.67. The molecule has 0 spiro atoms. The van der Waals surface area contributed by atoms with E-state index < -0.39 is 6.09 Å². The smallest absolute Gasteiger partial charge is 0.414 e. The second-order valence-corrected chi connectivity index (χ2v) is 6.80. The Morgan fingerprint density at radius 2 is 2.00 bits per heavy atom. The van der Waals surface area contributed by atoms with Gasteiger partial charge in [0.25, 0.3) is 0 Å². The van der Waals surface area contributed by atoms with Crippen LogP contribution in [0.3, 0.4) is 0 Å². The third kappa shape index (κ3) is 3.14. The summed E-state index contributed by atoms with van der Waals surface area (Å²) in [5.74, 6) is -0.154. The SMILES string of the molecule is CC(=O)NC[C@H]1CN(c2ccc(C3=Cc4cn(C)c(=O)n4C3)cc2)C(=O)O1. The Morgan fingerprint density at radius 3 is 2.67 bits per heavy atom. The summed E-state index contributed by atoms with van der Waals surface area (Å²) in [4.78, 5) is 36.7. The predicted octanol–water partition coefficient (Wildman–Crippen LogP) is 1.20. The molecule has 1 aromatic carbocycles. The number of carbonyl (C=O) groups excluding carboxylic acids is 2. The van der Waals surface area contributed by atoms with Gasteiger partial charge in [0.05, 0.1) is 25.3 Å². The van der Waals surface area contributed by atoms with Crippen LogP contribution in [-0.4, -0.2) is 40.3 Å². The number of rotatable bonds is 4. The predicted molar refractivity (Wildman–Crippen MR) is 100 cm³/mol. The normalized spacial score (nSPS) is 18.3. The van der Waals surface area contributed by atoms with Crippen molar-refractivity contribution in [2.45, 2.75) is 19.6 Å². The molecule has 1 fully saturated rings. The Kier molecular flexibility index (Phi) is 4.10. The van der Waals surface area contributed by atoms with Crippen LogP contribution in [0.15, 0.2) is 35.3 Å². The molecule has 1 aromatic heterocycles. The van der Waals surface area contributed by atoms with Crippen LogP contribution in [0.1, 0.15) is 18.2 Å². The minimum atomic E-state index is -0.419. The van der Waals surface area contributed by atoms with Gasteiger partial charge in [-0.25, -0.2) is 9.59 Å². The molecule has 0 radical (unpaired) electrons. The van der Waals surface area contributed by atoms with Gasteiger partial charge in [-0.1, -0.05) is 12.1 Å². The van der Waals surface area contributed by atoms with Gasteiger partial charge in [-0.3, -0.25) is 14.3 Å². The first-order valence-electron chi connectivity index (χ1n) is 8.72. The third-order valence-electron chi connectivity index (χ3n) is 4.82. The summed E-state index contributed by atoms with van der Waals surface area (Å²) >= 11 is 0. The number of hydrogen-bond acceptors (Lipinski definition) is 4. The van der Waals surface area contributed by atoms with E-state index in [0.717, 1.165) is 22.5 Å². The lowest BCUT2D eigenvalue weighted by molar-refractivity contribution is -0.119. The van der Waals surface area contributed by atoms with Gasteiger partial charge in [0.1, 0.15) is 6.10 Å². The van der Waals surface area contributed by atoms with Crippen LogP contribution < -0.4 is 15.9 Å². The molecule has 8 heteroatoms. The van der Waals surface area contributed by atoms with Gasteiger partial charge in [0.2, 0.25) is 5.91 Å². The number of nitrogens with one attached hydrogen (secondary N) is 1. The summed E-state index contributed by atoms with van der Waals surface area (Å²) < 4.78 is 8.59. The van der Waals surface area contributed by atoms with Gasteiger partial charge < -0.3 is 14.6 Å². The average molecular weight is 368 g/mol. The number of benzene rings is 1. The van der Waals surface area contributed by atoms with Crippen molar-refractivity contribution in [2.75, 3.05) is 18.0 Å². The van der Waals surface area contributed by atoms with Gasteiger partial charge in [-0.15, -0.1) is 0 Å². The van der Waals surface area contributed by atoms with Crippen molar-refractivity contribution in [2.24, 2.45) is 7.05 Å². The van der Waals surface area contributed by atoms with Crippen molar-refractivity contribution in [1.29, 1.82) is 0 Å². The highest BCUT2D eigenvalue weighted by Crippen LogP contribution is 2.28. The number of anilines is 1. The molecular formula is C19H20N4O4. The fourth-order valence-corrected chi connectivity index (χ4v) is 3.42. The van der Waals surface area contributed by atoms with E-state index in [2.05, 4.69) is 5.32 Å². The molecule has 2 aliphatic heterocycles. The quantitative estimate of drug-likeness (QED) is 0.879. The summed E-state index contributed by atoms with van der Waals surface area (Å²) in [6.07, 6.45) is 3.04. The molecule has 8 nitrogen and oxygen atoms in total. The Bertz CT molecular complexity index is 1000. The first-order chi connectivity index (χ1) is 12.9. The molecular weight excluding hydrogens is 348 g/mol. The fraction of sp³-hybridized carbons (Fsp3) is 0.316. The minimum Gasteiger partial charge on any atom is -0.442 e. The number of allylic oxidation sites excluding steroid dienone is 1. The van der Waals surface area contributed by atoms with Crippen molar-refractivity contribution in [3.8, 4) is 0 Å². The molecule has 140 valence electrons. The molecule has 0 aliphatic carbocycles. The molecule has 0 bridgehead atoms. The van der Waals surface area contributed by atoms with Crippen LogP contribution in [-0.2, 0) is 23.1 Å². The van der Waals surface area contributed by atoms with E-state index in [1.54, 1.807) is 21.1 Å². The molecule has 0 saturated carbocycles.